The van der Waals surface area contributed by atoms with Crippen LogP contribution in [0.4, 0.5) is 0 Å². The van der Waals surface area contributed by atoms with Crippen LogP contribution in [0.3, 0.4) is 0 Å². The second-order valence-corrected chi connectivity index (χ2v) is 7.88. The van der Waals surface area contributed by atoms with Crippen LogP contribution in [0.25, 0.3) is 21.9 Å². The van der Waals surface area contributed by atoms with Gasteiger partial charge in [-0.25, -0.2) is 0 Å². The molecule has 0 bridgehead atoms. The minimum absolute atomic E-state index is 0.0591. The Kier molecular flexibility index (Phi) is 6.44. The number of hydrogen-bond donors (Lipinski definition) is 2. The Morgan fingerprint density at radius 3 is 2.23 bits per heavy atom. The summed E-state index contributed by atoms with van der Waals surface area (Å²) in [7, 11) is 0. The SMILES string of the molecule is CCNCc1ccc2c(CNC(=O)c3ccc(-c4ccc(C)cc4)cc3)cccc2c1. The van der Waals surface area contributed by atoms with Gasteiger partial charge in [0.1, 0.15) is 0 Å². The first-order chi connectivity index (χ1) is 15.1. The van der Waals surface area contributed by atoms with Crippen LogP contribution in [0.15, 0.2) is 84.9 Å². The first-order valence-electron chi connectivity index (χ1n) is 10.8. The lowest BCUT2D eigenvalue weighted by molar-refractivity contribution is 0.0951. The van der Waals surface area contributed by atoms with Crippen LogP contribution in [0.5, 0.6) is 0 Å². The highest BCUT2D eigenvalue weighted by Gasteiger charge is 2.08. The Bertz CT molecular complexity index is 1180. The fourth-order valence-electron chi connectivity index (χ4n) is 3.77. The molecule has 4 rings (SSSR count). The van der Waals surface area contributed by atoms with E-state index in [1.807, 2.05) is 24.3 Å². The van der Waals surface area contributed by atoms with E-state index in [9.17, 15) is 4.79 Å². The van der Waals surface area contributed by atoms with Crippen molar-refractivity contribution < 1.29 is 4.79 Å². The topological polar surface area (TPSA) is 41.1 Å². The van der Waals surface area contributed by atoms with Crippen molar-refractivity contribution in [3.63, 3.8) is 0 Å². The van der Waals surface area contributed by atoms with Crippen LogP contribution in [0, 0.1) is 6.92 Å². The molecule has 4 aromatic rings. The highest BCUT2D eigenvalue weighted by molar-refractivity contribution is 5.95. The predicted molar refractivity (Wildman–Crippen MR) is 129 cm³/mol. The molecule has 4 aromatic carbocycles. The van der Waals surface area contributed by atoms with Crippen molar-refractivity contribution in [2.75, 3.05) is 6.54 Å². The number of aryl methyl sites for hydroxylation is 1. The monoisotopic (exact) mass is 408 g/mol. The zero-order chi connectivity index (χ0) is 21.6. The number of carbonyl (C=O) groups is 1. The molecular formula is C28H28N2O. The minimum Gasteiger partial charge on any atom is -0.348 e. The summed E-state index contributed by atoms with van der Waals surface area (Å²) in [5, 5.41) is 8.81. The van der Waals surface area contributed by atoms with E-state index in [4.69, 9.17) is 0 Å². The normalized spacial score (nSPS) is 10.9. The van der Waals surface area contributed by atoms with Crippen molar-refractivity contribution in [2.24, 2.45) is 0 Å². The van der Waals surface area contributed by atoms with Gasteiger partial charge in [0.25, 0.3) is 5.91 Å². The molecule has 0 unspecified atom stereocenters. The Morgan fingerprint density at radius 1 is 0.806 bits per heavy atom. The molecule has 0 saturated carbocycles. The Balaban J connectivity index is 1.44. The van der Waals surface area contributed by atoms with E-state index >= 15 is 0 Å². The summed E-state index contributed by atoms with van der Waals surface area (Å²) in [6, 6.07) is 29.0. The van der Waals surface area contributed by atoms with Crippen molar-refractivity contribution in [2.45, 2.75) is 26.9 Å². The highest BCUT2D eigenvalue weighted by atomic mass is 16.1. The number of rotatable bonds is 7. The van der Waals surface area contributed by atoms with Crippen LogP contribution in [0.1, 0.15) is 34.0 Å². The van der Waals surface area contributed by atoms with Gasteiger partial charge in [0, 0.05) is 18.7 Å². The van der Waals surface area contributed by atoms with E-state index in [0.717, 1.165) is 29.8 Å². The zero-order valence-corrected chi connectivity index (χ0v) is 18.1. The average molecular weight is 409 g/mol. The summed E-state index contributed by atoms with van der Waals surface area (Å²) in [6.07, 6.45) is 0. The third kappa shape index (κ3) is 5.01. The Morgan fingerprint density at radius 2 is 1.52 bits per heavy atom. The summed E-state index contributed by atoms with van der Waals surface area (Å²) in [6.45, 7) is 6.51. The molecule has 0 spiro atoms. The predicted octanol–water partition coefficient (Wildman–Crippen LogP) is 5.85. The van der Waals surface area contributed by atoms with Gasteiger partial charge in [-0.05, 0) is 64.7 Å². The van der Waals surface area contributed by atoms with E-state index < -0.39 is 0 Å². The van der Waals surface area contributed by atoms with Crippen molar-refractivity contribution >= 4 is 16.7 Å². The van der Waals surface area contributed by atoms with Crippen LogP contribution >= 0.6 is 0 Å². The van der Waals surface area contributed by atoms with Crippen LogP contribution in [-0.4, -0.2) is 12.5 Å². The van der Waals surface area contributed by atoms with Crippen molar-refractivity contribution in [1.82, 2.24) is 10.6 Å². The van der Waals surface area contributed by atoms with E-state index in [2.05, 4.69) is 85.1 Å². The molecule has 1 amide bonds. The van der Waals surface area contributed by atoms with E-state index in [1.165, 1.54) is 21.9 Å². The molecule has 0 aliphatic heterocycles. The lowest BCUT2D eigenvalue weighted by Gasteiger charge is -2.11. The molecule has 0 saturated heterocycles. The molecule has 2 N–H and O–H groups in total. The lowest BCUT2D eigenvalue weighted by Crippen LogP contribution is -2.22. The molecule has 0 radical (unpaired) electrons. The zero-order valence-electron chi connectivity index (χ0n) is 18.1. The Labute approximate surface area is 184 Å². The molecule has 0 heterocycles. The quantitative estimate of drug-likeness (QED) is 0.402. The van der Waals surface area contributed by atoms with Crippen LogP contribution in [-0.2, 0) is 13.1 Å². The number of hydrogen-bond acceptors (Lipinski definition) is 2. The smallest absolute Gasteiger partial charge is 0.251 e. The van der Waals surface area contributed by atoms with Gasteiger partial charge in [-0.1, -0.05) is 79.2 Å². The Hall–Kier alpha value is -3.43. The van der Waals surface area contributed by atoms with Gasteiger partial charge in [-0.3, -0.25) is 4.79 Å². The highest BCUT2D eigenvalue weighted by Crippen LogP contribution is 2.22. The standard InChI is InChI=1S/C28H28N2O/c1-3-29-18-21-9-16-27-25(17-21)5-4-6-26(27)19-30-28(31)24-14-12-23(13-15-24)22-10-7-20(2)8-11-22/h4-17,29H,3,18-19H2,1-2H3,(H,30,31). The van der Waals surface area contributed by atoms with Gasteiger partial charge in [-0.15, -0.1) is 0 Å². The average Bonchev–Trinajstić information content (AvgIpc) is 2.81. The number of amides is 1. The molecule has 0 aromatic heterocycles. The molecule has 0 fully saturated rings. The third-order valence-electron chi connectivity index (χ3n) is 5.59. The molecule has 3 nitrogen and oxygen atoms in total. The first kappa shape index (κ1) is 20.8. The minimum atomic E-state index is -0.0591. The number of nitrogens with one attached hydrogen (secondary N) is 2. The summed E-state index contributed by atoms with van der Waals surface area (Å²) in [5.74, 6) is -0.0591. The molecule has 156 valence electrons. The summed E-state index contributed by atoms with van der Waals surface area (Å²) in [4.78, 5) is 12.7. The second-order valence-electron chi connectivity index (χ2n) is 7.88. The molecule has 0 atom stereocenters. The van der Waals surface area contributed by atoms with Crippen LogP contribution < -0.4 is 10.6 Å². The summed E-state index contributed by atoms with van der Waals surface area (Å²) in [5.41, 5.74) is 6.56. The maximum absolute atomic E-state index is 12.7. The molecular weight excluding hydrogens is 380 g/mol. The third-order valence-corrected chi connectivity index (χ3v) is 5.59. The van der Waals surface area contributed by atoms with Crippen molar-refractivity contribution in [3.8, 4) is 11.1 Å². The van der Waals surface area contributed by atoms with Gasteiger partial charge in [-0.2, -0.15) is 0 Å². The van der Waals surface area contributed by atoms with Crippen LogP contribution in [0.2, 0.25) is 0 Å². The maximum Gasteiger partial charge on any atom is 0.251 e. The fraction of sp³-hybridized carbons (Fsp3) is 0.179. The van der Waals surface area contributed by atoms with Gasteiger partial charge < -0.3 is 10.6 Å². The number of carbonyl (C=O) groups excluding carboxylic acids is 1. The van der Waals surface area contributed by atoms with Gasteiger partial charge in [0.2, 0.25) is 0 Å². The van der Waals surface area contributed by atoms with E-state index in [1.54, 1.807) is 0 Å². The van der Waals surface area contributed by atoms with Crippen molar-refractivity contribution in [1.29, 1.82) is 0 Å². The van der Waals surface area contributed by atoms with E-state index in [0.29, 0.717) is 12.1 Å². The molecule has 3 heteroatoms. The van der Waals surface area contributed by atoms with Gasteiger partial charge >= 0.3 is 0 Å². The molecule has 31 heavy (non-hydrogen) atoms. The van der Waals surface area contributed by atoms with E-state index in [-0.39, 0.29) is 5.91 Å². The summed E-state index contributed by atoms with van der Waals surface area (Å²) >= 11 is 0. The van der Waals surface area contributed by atoms with Gasteiger partial charge in [0.15, 0.2) is 0 Å². The fourth-order valence-corrected chi connectivity index (χ4v) is 3.77. The second kappa shape index (κ2) is 9.59. The van der Waals surface area contributed by atoms with Crippen molar-refractivity contribution in [3.05, 3.63) is 107 Å². The molecule has 0 aliphatic rings. The number of benzene rings is 4. The maximum atomic E-state index is 12.7. The largest absolute Gasteiger partial charge is 0.348 e. The number of fused-ring (bicyclic) bond motifs is 1. The lowest BCUT2D eigenvalue weighted by atomic mass is 10.0. The molecule has 0 aliphatic carbocycles. The summed E-state index contributed by atoms with van der Waals surface area (Å²) < 4.78 is 0. The van der Waals surface area contributed by atoms with Gasteiger partial charge in [0.05, 0.1) is 0 Å². The first-order valence-corrected chi connectivity index (χ1v) is 10.8.